The first kappa shape index (κ1) is 41.0. The van der Waals surface area contributed by atoms with Crippen LogP contribution in [0.4, 0.5) is 0 Å². The van der Waals surface area contributed by atoms with Crippen molar-refractivity contribution in [2.24, 2.45) is 0 Å². The third-order valence-corrected chi connectivity index (χ3v) is 18.0. The van der Waals surface area contributed by atoms with Crippen molar-refractivity contribution < 1.29 is 0 Å². The molecule has 0 saturated carbocycles. The van der Waals surface area contributed by atoms with E-state index < -0.39 is 16.2 Å². The van der Waals surface area contributed by atoms with Gasteiger partial charge in [0.15, 0.2) is 0 Å². The number of pyridine rings is 2. The number of hydrogen-bond acceptors (Lipinski definition) is 2. The smallest absolute Gasteiger partial charge is 0.0743 e. The van der Waals surface area contributed by atoms with E-state index >= 15 is 0 Å². The summed E-state index contributed by atoms with van der Waals surface area (Å²) in [4.78, 5) is 10.5. The predicted octanol–water partition coefficient (Wildman–Crippen LogP) is 16.9. The molecule has 0 bridgehead atoms. The van der Waals surface area contributed by atoms with Crippen LogP contribution in [-0.2, 0) is 16.2 Å². The molecular formula is C73H44N2. The summed E-state index contributed by atoms with van der Waals surface area (Å²) in [7, 11) is 0. The average molecular weight is 949 g/mol. The highest BCUT2D eigenvalue weighted by Crippen LogP contribution is 2.66. The van der Waals surface area contributed by atoms with E-state index in [-0.39, 0.29) is 0 Å². The first-order valence-electron chi connectivity index (χ1n) is 26.2. The van der Waals surface area contributed by atoms with Crippen LogP contribution in [0.25, 0.3) is 77.9 Å². The summed E-state index contributed by atoms with van der Waals surface area (Å²) in [6.45, 7) is 0. The zero-order chi connectivity index (χ0) is 49.0. The first-order valence-corrected chi connectivity index (χ1v) is 26.2. The fourth-order valence-corrected chi connectivity index (χ4v) is 15.4. The topological polar surface area (TPSA) is 25.8 Å². The van der Waals surface area contributed by atoms with Crippen molar-refractivity contribution in [3.8, 4) is 77.9 Å². The Kier molecular flexibility index (Phi) is 8.10. The van der Waals surface area contributed by atoms with E-state index in [0.29, 0.717) is 0 Å². The van der Waals surface area contributed by atoms with Crippen molar-refractivity contribution in [2.75, 3.05) is 0 Å². The highest BCUT2D eigenvalue weighted by atomic mass is 14.7. The summed E-state index contributed by atoms with van der Waals surface area (Å²) < 4.78 is 0. The minimum atomic E-state index is -0.750. The minimum Gasteiger partial charge on any atom is -0.264 e. The summed E-state index contributed by atoms with van der Waals surface area (Å²) in [5.74, 6) is 0. The van der Waals surface area contributed by atoms with E-state index in [1.807, 2.05) is 0 Å². The number of nitrogens with zero attached hydrogens (tertiary/aromatic N) is 2. The van der Waals surface area contributed by atoms with Gasteiger partial charge in [-0.2, -0.15) is 0 Å². The molecule has 0 saturated heterocycles. The Morgan fingerprint density at radius 1 is 0.200 bits per heavy atom. The number of aromatic nitrogens is 2. The van der Waals surface area contributed by atoms with Gasteiger partial charge in [-0.1, -0.05) is 231 Å². The Balaban J connectivity index is 0.897. The SMILES string of the molecule is c1ccc2c(c1)-c1ccccc1C2(c1cncc(-c2cccc3c2-c2ccccc2C32c3ccccc3-c3ccccc32)c1)c1cncc(-c2cccc3c2-c2ccccc2C32c3ccccc3-c3ccccc32)c1. The van der Waals surface area contributed by atoms with Crippen LogP contribution in [-0.4, -0.2) is 9.97 Å². The lowest BCUT2D eigenvalue weighted by atomic mass is 9.67. The van der Waals surface area contributed by atoms with E-state index in [0.717, 1.165) is 22.3 Å². The Morgan fingerprint density at radius 3 is 0.760 bits per heavy atom. The molecule has 10 aromatic carbocycles. The monoisotopic (exact) mass is 948 g/mol. The average Bonchev–Trinajstić information content (AvgIpc) is 4.25. The highest BCUT2D eigenvalue weighted by Gasteiger charge is 2.54. The van der Waals surface area contributed by atoms with Gasteiger partial charge in [0, 0.05) is 35.9 Å². The molecular weight excluding hydrogens is 905 g/mol. The van der Waals surface area contributed by atoms with Gasteiger partial charge < -0.3 is 0 Å². The molecule has 5 aliphatic rings. The fraction of sp³-hybridized carbons (Fsp3) is 0.0411. The molecule has 0 unspecified atom stereocenters. The molecule has 0 amide bonds. The normalized spacial score (nSPS) is 15.0. The molecule has 2 heterocycles. The molecule has 0 atom stereocenters. The zero-order valence-electron chi connectivity index (χ0n) is 40.8. The van der Waals surface area contributed by atoms with Crippen molar-refractivity contribution >= 4 is 0 Å². The van der Waals surface area contributed by atoms with Crippen LogP contribution in [0.15, 0.2) is 267 Å². The lowest BCUT2D eigenvalue weighted by molar-refractivity contribution is 0.758. The Bertz CT molecular complexity index is 4080. The molecule has 2 spiro atoms. The second kappa shape index (κ2) is 14.8. The van der Waals surface area contributed by atoms with E-state index in [1.54, 1.807) is 0 Å². The molecule has 5 aliphatic carbocycles. The van der Waals surface area contributed by atoms with E-state index in [2.05, 4.69) is 267 Å². The maximum Gasteiger partial charge on any atom is 0.0743 e. The molecule has 0 aliphatic heterocycles. The molecule has 2 aromatic heterocycles. The van der Waals surface area contributed by atoms with Gasteiger partial charge in [-0.3, -0.25) is 9.97 Å². The Hall–Kier alpha value is -9.50. The van der Waals surface area contributed by atoms with Crippen LogP contribution in [0.2, 0.25) is 0 Å². The molecule has 2 heteroatoms. The van der Waals surface area contributed by atoms with Gasteiger partial charge >= 0.3 is 0 Å². The van der Waals surface area contributed by atoms with Crippen molar-refractivity contribution in [2.45, 2.75) is 16.2 Å². The summed E-state index contributed by atoms with van der Waals surface area (Å²) in [6, 6.07) is 91.2. The molecule has 17 rings (SSSR count). The molecule has 0 radical (unpaired) electrons. The summed E-state index contributed by atoms with van der Waals surface area (Å²) in [5.41, 5.74) is 31.0. The molecule has 75 heavy (non-hydrogen) atoms. The number of rotatable bonds is 4. The van der Waals surface area contributed by atoms with Gasteiger partial charge in [0.25, 0.3) is 0 Å². The summed E-state index contributed by atoms with van der Waals surface area (Å²) in [5, 5.41) is 0. The van der Waals surface area contributed by atoms with Gasteiger partial charge in [0.2, 0.25) is 0 Å². The van der Waals surface area contributed by atoms with Gasteiger partial charge in [-0.15, -0.1) is 0 Å². The summed E-state index contributed by atoms with van der Waals surface area (Å²) >= 11 is 0. The van der Waals surface area contributed by atoms with Crippen LogP contribution < -0.4 is 0 Å². The van der Waals surface area contributed by atoms with Gasteiger partial charge in [0.05, 0.1) is 16.2 Å². The van der Waals surface area contributed by atoms with Crippen molar-refractivity contribution in [1.82, 2.24) is 9.97 Å². The van der Waals surface area contributed by atoms with Crippen LogP contribution in [0.3, 0.4) is 0 Å². The lowest BCUT2D eigenvalue weighted by Crippen LogP contribution is -2.29. The number of fused-ring (bicyclic) bond motifs is 23. The largest absolute Gasteiger partial charge is 0.264 e. The van der Waals surface area contributed by atoms with Crippen LogP contribution in [0, 0.1) is 0 Å². The molecule has 0 fully saturated rings. The molecule has 2 nitrogen and oxygen atoms in total. The third kappa shape index (κ3) is 4.91. The van der Waals surface area contributed by atoms with Gasteiger partial charge in [-0.25, -0.2) is 0 Å². The third-order valence-electron chi connectivity index (χ3n) is 18.0. The summed E-state index contributed by atoms with van der Waals surface area (Å²) in [6.07, 6.45) is 8.40. The maximum absolute atomic E-state index is 5.27. The second-order valence-electron chi connectivity index (χ2n) is 21.0. The zero-order valence-corrected chi connectivity index (χ0v) is 40.8. The van der Waals surface area contributed by atoms with Gasteiger partial charge in [-0.05, 0) is 146 Å². The Labute approximate surface area is 436 Å². The molecule has 12 aromatic rings. The van der Waals surface area contributed by atoms with Crippen LogP contribution >= 0.6 is 0 Å². The molecule has 346 valence electrons. The van der Waals surface area contributed by atoms with Crippen molar-refractivity contribution in [3.63, 3.8) is 0 Å². The number of hydrogen-bond donors (Lipinski definition) is 0. The fourth-order valence-electron chi connectivity index (χ4n) is 15.4. The minimum absolute atomic E-state index is 0.445. The van der Waals surface area contributed by atoms with Crippen LogP contribution in [0.1, 0.15) is 66.8 Å². The number of benzene rings is 10. The van der Waals surface area contributed by atoms with Crippen LogP contribution in [0.5, 0.6) is 0 Å². The van der Waals surface area contributed by atoms with Crippen molar-refractivity contribution in [3.05, 3.63) is 334 Å². The van der Waals surface area contributed by atoms with Gasteiger partial charge in [0.1, 0.15) is 0 Å². The second-order valence-corrected chi connectivity index (χ2v) is 21.0. The predicted molar refractivity (Wildman–Crippen MR) is 303 cm³/mol. The van der Waals surface area contributed by atoms with E-state index in [9.17, 15) is 0 Å². The standard InChI is InChI=1S/C73H44N2/c1-9-29-59-51(19-1)52-20-2-10-30-60(52)71(59,47-39-45(41-74-43-47)49-27-17-37-67-69(49)57-25-7-15-35-65(57)72(67)61-31-11-3-21-53(61)54-22-4-12-32-62(54)72)48-40-46(42-75-44-48)50-28-18-38-68-70(50)58-26-8-16-36-66(58)73(68)63-33-13-5-23-55(63)56-24-6-14-34-64(56)73/h1-44H. The van der Waals surface area contributed by atoms with Crippen molar-refractivity contribution in [1.29, 1.82) is 0 Å². The van der Waals surface area contributed by atoms with E-state index in [1.165, 1.54) is 122 Å². The molecule has 0 N–H and O–H groups in total. The highest BCUT2D eigenvalue weighted by molar-refractivity contribution is 6.02. The first-order chi connectivity index (χ1) is 37.2. The quantitative estimate of drug-likeness (QED) is 0.176. The maximum atomic E-state index is 5.27. The Morgan fingerprint density at radius 2 is 0.440 bits per heavy atom. The lowest BCUT2D eigenvalue weighted by Gasteiger charge is -2.34. The van der Waals surface area contributed by atoms with E-state index in [4.69, 9.17) is 9.97 Å².